The van der Waals surface area contributed by atoms with E-state index >= 15 is 0 Å². The first-order valence-corrected chi connectivity index (χ1v) is 7.62. The molecule has 0 spiro atoms. The van der Waals surface area contributed by atoms with Crippen LogP contribution >= 0.6 is 0 Å². The summed E-state index contributed by atoms with van der Waals surface area (Å²) in [5.74, 6) is -0.264. The van der Waals surface area contributed by atoms with Gasteiger partial charge in [0.15, 0.2) is 0 Å². The van der Waals surface area contributed by atoms with E-state index in [4.69, 9.17) is 4.74 Å². The van der Waals surface area contributed by atoms with E-state index in [2.05, 4.69) is 16.8 Å². The number of benzene rings is 1. The van der Waals surface area contributed by atoms with E-state index in [1.165, 1.54) is 12.1 Å². The van der Waals surface area contributed by atoms with Crippen LogP contribution in [0.5, 0.6) is 0 Å². The van der Waals surface area contributed by atoms with Crippen LogP contribution in [0.2, 0.25) is 0 Å². The van der Waals surface area contributed by atoms with Crippen LogP contribution in [0.25, 0.3) is 0 Å². The molecule has 0 radical (unpaired) electrons. The van der Waals surface area contributed by atoms with Gasteiger partial charge in [0, 0.05) is 39.1 Å². The molecule has 0 saturated carbocycles. The van der Waals surface area contributed by atoms with Gasteiger partial charge in [0.2, 0.25) is 0 Å². The van der Waals surface area contributed by atoms with Crippen LogP contribution in [0.15, 0.2) is 24.3 Å². The molecule has 116 valence electrons. The fraction of sp³-hybridized carbons (Fsp3) is 0.625. The minimum absolute atomic E-state index is 0.0541. The molecule has 0 unspecified atom stereocenters. The van der Waals surface area contributed by atoms with Gasteiger partial charge in [0.05, 0.1) is 12.2 Å². The van der Waals surface area contributed by atoms with Gasteiger partial charge in [-0.25, -0.2) is 4.39 Å². The summed E-state index contributed by atoms with van der Waals surface area (Å²) in [6.07, 6.45) is -0.136. The third-order valence-electron chi connectivity index (χ3n) is 4.45. The van der Waals surface area contributed by atoms with Crippen molar-refractivity contribution in [3.63, 3.8) is 0 Å². The molecule has 2 aliphatic rings. The summed E-state index contributed by atoms with van der Waals surface area (Å²) >= 11 is 0. The molecule has 2 fully saturated rings. The van der Waals surface area contributed by atoms with Crippen LogP contribution in [0.4, 0.5) is 4.39 Å². The number of piperazine rings is 1. The topological polar surface area (TPSA) is 35.9 Å². The Morgan fingerprint density at radius 3 is 2.52 bits per heavy atom. The molecule has 2 aliphatic heterocycles. The molecule has 2 saturated heterocycles. The summed E-state index contributed by atoms with van der Waals surface area (Å²) in [6.45, 7) is 5.12. The molecule has 3 rings (SSSR count). The Kier molecular flexibility index (Phi) is 4.54. The number of rotatable bonds is 3. The Balaban J connectivity index is 1.57. The molecular weight excluding hydrogens is 271 g/mol. The van der Waals surface area contributed by atoms with Crippen LogP contribution in [0.1, 0.15) is 18.1 Å². The van der Waals surface area contributed by atoms with Gasteiger partial charge in [-0.2, -0.15) is 0 Å². The fourth-order valence-electron chi connectivity index (χ4n) is 3.14. The molecule has 0 aromatic heterocycles. The quantitative estimate of drug-likeness (QED) is 0.910. The number of halogens is 1. The van der Waals surface area contributed by atoms with Crippen LogP contribution in [-0.4, -0.2) is 66.9 Å². The van der Waals surface area contributed by atoms with Crippen molar-refractivity contribution in [2.45, 2.75) is 24.7 Å². The zero-order chi connectivity index (χ0) is 14.8. The lowest BCUT2D eigenvalue weighted by molar-refractivity contribution is -0.00799. The number of aliphatic hydroxyl groups is 1. The highest BCUT2D eigenvalue weighted by Crippen LogP contribution is 2.33. The number of nitrogens with zero attached hydrogens (tertiary/aromatic N) is 2. The summed E-state index contributed by atoms with van der Waals surface area (Å²) in [5, 5.41) is 10.2. The van der Waals surface area contributed by atoms with Crippen LogP contribution in [0.3, 0.4) is 0 Å². The number of aliphatic hydroxyl groups excluding tert-OH is 1. The molecule has 0 amide bonds. The Hall–Kier alpha value is -1.01. The Labute approximate surface area is 125 Å². The molecule has 0 bridgehead atoms. The summed E-state index contributed by atoms with van der Waals surface area (Å²) in [7, 11) is 2.14. The predicted molar refractivity (Wildman–Crippen MR) is 78.6 cm³/mol. The molecule has 21 heavy (non-hydrogen) atoms. The number of hydrogen-bond donors (Lipinski definition) is 1. The fourth-order valence-corrected chi connectivity index (χ4v) is 3.14. The molecule has 1 N–H and O–H groups in total. The molecule has 1 aromatic carbocycles. The molecule has 1 aromatic rings. The Bertz CT molecular complexity index is 460. The standard InChI is InChI=1S/C16H23FN2O2/c1-18-6-8-19(9-7-18)11-14-10-15(20)16(21-14)12-2-4-13(17)5-3-12/h2-5,14-16,20H,6-11H2,1H3/t14-,15-,16-/m1/s1. The predicted octanol–water partition coefficient (Wildman–Crippen LogP) is 1.26. The summed E-state index contributed by atoms with van der Waals surface area (Å²) in [4.78, 5) is 4.71. The van der Waals surface area contributed by atoms with Gasteiger partial charge in [-0.05, 0) is 24.7 Å². The van der Waals surface area contributed by atoms with E-state index in [9.17, 15) is 9.50 Å². The second-order valence-corrected chi connectivity index (χ2v) is 6.14. The first kappa shape index (κ1) is 14.9. The number of ether oxygens (including phenoxy) is 1. The normalized spacial score (nSPS) is 31.7. The Morgan fingerprint density at radius 2 is 1.86 bits per heavy atom. The highest BCUT2D eigenvalue weighted by Gasteiger charge is 2.36. The minimum Gasteiger partial charge on any atom is -0.390 e. The van der Waals surface area contributed by atoms with Gasteiger partial charge >= 0.3 is 0 Å². The largest absolute Gasteiger partial charge is 0.390 e. The van der Waals surface area contributed by atoms with Crippen molar-refractivity contribution in [1.82, 2.24) is 9.80 Å². The third-order valence-corrected chi connectivity index (χ3v) is 4.45. The van der Waals surface area contributed by atoms with Crippen LogP contribution in [0, 0.1) is 5.82 Å². The lowest BCUT2D eigenvalue weighted by atomic mass is 10.0. The van der Waals surface area contributed by atoms with Crippen LogP contribution < -0.4 is 0 Å². The maximum absolute atomic E-state index is 13.0. The van der Waals surface area contributed by atoms with Gasteiger partial charge < -0.3 is 14.7 Å². The highest BCUT2D eigenvalue weighted by molar-refractivity contribution is 5.20. The molecule has 0 aliphatic carbocycles. The van der Waals surface area contributed by atoms with Crippen molar-refractivity contribution in [3.05, 3.63) is 35.6 Å². The lowest BCUT2D eigenvalue weighted by Gasteiger charge is -2.33. The SMILES string of the molecule is CN1CCN(C[C@H]2C[C@@H](O)[C@@H](c3ccc(F)cc3)O2)CC1. The molecule has 5 heteroatoms. The van der Waals surface area contributed by atoms with Crippen molar-refractivity contribution in [3.8, 4) is 0 Å². The van der Waals surface area contributed by atoms with E-state index in [1.807, 2.05) is 0 Å². The first-order valence-electron chi connectivity index (χ1n) is 7.62. The van der Waals surface area contributed by atoms with Gasteiger partial charge in [-0.1, -0.05) is 12.1 Å². The Morgan fingerprint density at radius 1 is 1.19 bits per heavy atom. The molecule has 3 atom stereocenters. The first-order chi connectivity index (χ1) is 10.1. The zero-order valence-electron chi connectivity index (χ0n) is 12.4. The maximum atomic E-state index is 13.0. The molecular formula is C16H23FN2O2. The molecule has 2 heterocycles. The lowest BCUT2D eigenvalue weighted by Crippen LogP contribution is -2.46. The average Bonchev–Trinajstić information content (AvgIpc) is 2.83. The minimum atomic E-state index is -0.507. The van der Waals surface area contributed by atoms with Gasteiger partial charge in [-0.3, -0.25) is 4.90 Å². The summed E-state index contributed by atoms with van der Waals surface area (Å²) < 4.78 is 19.0. The van der Waals surface area contributed by atoms with Crippen LogP contribution in [-0.2, 0) is 4.74 Å². The van der Waals surface area contributed by atoms with E-state index in [0.717, 1.165) is 38.3 Å². The number of hydrogen-bond acceptors (Lipinski definition) is 4. The van der Waals surface area contributed by atoms with Gasteiger partial charge in [0.25, 0.3) is 0 Å². The average molecular weight is 294 g/mol. The zero-order valence-corrected chi connectivity index (χ0v) is 12.4. The van der Waals surface area contributed by atoms with Crippen molar-refractivity contribution in [1.29, 1.82) is 0 Å². The van der Waals surface area contributed by atoms with Crippen molar-refractivity contribution >= 4 is 0 Å². The van der Waals surface area contributed by atoms with Gasteiger partial charge in [-0.15, -0.1) is 0 Å². The summed E-state index contributed by atoms with van der Waals surface area (Å²) in [5.41, 5.74) is 0.852. The third kappa shape index (κ3) is 3.61. The van der Waals surface area contributed by atoms with Crippen molar-refractivity contribution in [2.75, 3.05) is 39.8 Å². The number of likely N-dealkylation sites (N-methyl/N-ethyl adjacent to an activating group) is 1. The smallest absolute Gasteiger partial charge is 0.123 e. The van der Waals surface area contributed by atoms with E-state index < -0.39 is 6.10 Å². The maximum Gasteiger partial charge on any atom is 0.123 e. The van der Waals surface area contributed by atoms with E-state index in [1.54, 1.807) is 12.1 Å². The van der Waals surface area contributed by atoms with E-state index in [0.29, 0.717) is 6.42 Å². The molecule has 4 nitrogen and oxygen atoms in total. The van der Waals surface area contributed by atoms with E-state index in [-0.39, 0.29) is 18.0 Å². The van der Waals surface area contributed by atoms with Crippen molar-refractivity contribution < 1.29 is 14.2 Å². The van der Waals surface area contributed by atoms with Crippen molar-refractivity contribution in [2.24, 2.45) is 0 Å². The second kappa shape index (κ2) is 6.40. The highest BCUT2D eigenvalue weighted by atomic mass is 19.1. The second-order valence-electron chi connectivity index (χ2n) is 6.14. The monoisotopic (exact) mass is 294 g/mol. The summed E-state index contributed by atoms with van der Waals surface area (Å²) in [6, 6.07) is 6.22. The van der Waals surface area contributed by atoms with Gasteiger partial charge in [0.1, 0.15) is 11.9 Å².